The quantitative estimate of drug-likeness (QED) is 0.208. The topological polar surface area (TPSA) is 116 Å². The first-order chi connectivity index (χ1) is 16.9. The number of aromatic nitrogens is 1. The molecule has 5 N–H and O–H groups in total. The number of carbonyl (C=O) groups excluding carboxylic acids is 2. The van der Waals surface area contributed by atoms with Crippen LogP contribution in [0.15, 0.2) is 47.8 Å². The third-order valence-corrected chi connectivity index (χ3v) is 6.82. The molecule has 9 nitrogen and oxygen atoms in total. The van der Waals surface area contributed by atoms with E-state index in [1.54, 1.807) is 29.5 Å². The third-order valence-electron chi connectivity index (χ3n) is 5.44. The lowest BCUT2D eigenvalue weighted by Gasteiger charge is -2.33. The first kappa shape index (κ1) is 25.4. The minimum atomic E-state index is -0.392. The maximum Gasteiger partial charge on any atom is 0.323 e. The summed E-state index contributed by atoms with van der Waals surface area (Å²) in [6.07, 6.45) is 0. The van der Waals surface area contributed by atoms with Gasteiger partial charge in [0.25, 0.3) is 0 Å². The summed E-state index contributed by atoms with van der Waals surface area (Å²) >= 11 is 13.5. The van der Waals surface area contributed by atoms with E-state index >= 15 is 0 Å². The predicted molar refractivity (Wildman–Crippen MR) is 141 cm³/mol. The van der Waals surface area contributed by atoms with Gasteiger partial charge in [-0.3, -0.25) is 20.0 Å². The number of anilines is 2. The Balaban J connectivity index is 1.28. The molecule has 1 aliphatic rings. The van der Waals surface area contributed by atoms with Crippen molar-refractivity contribution >= 4 is 57.9 Å². The summed E-state index contributed by atoms with van der Waals surface area (Å²) in [7, 11) is 0. The van der Waals surface area contributed by atoms with Gasteiger partial charge in [-0.05, 0) is 42.5 Å². The molecule has 184 valence electrons. The number of hydrogen-bond acceptors (Lipinski definition) is 7. The Morgan fingerprint density at radius 2 is 1.57 bits per heavy atom. The van der Waals surface area contributed by atoms with Crippen LogP contribution in [0.1, 0.15) is 5.69 Å². The number of urea groups is 1. The van der Waals surface area contributed by atoms with Gasteiger partial charge in [-0.1, -0.05) is 23.2 Å². The fourth-order valence-corrected chi connectivity index (χ4v) is 5.05. The van der Waals surface area contributed by atoms with Crippen molar-refractivity contribution in [1.82, 2.24) is 20.2 Å². The van der Waals surface area contributed by atoms with E-state index in [9.17, 15) is 9.59 Å². The Bertz CT molecular complexity index is 1160. The Labute approximate surface area is 217 Å². The first-order valence-electron chi connectivity index (χ1n) is 10.9. The molecule has 1 aromatic heterocycles. The van der Waals surface area contributed by atoms with E-state index in [-0.39, 0.29) is 5.91 Å². The number of nitrogens with two attached hydrogens (primary N) is 1. The van der Waals surface area contributed by atoms with Crippen LogP contribution in [0, 0.1) is 0 Å². The van der Waals surface area contributed by atoms with Gasteiger partial charge in [0.15, 0.2) is 0 Å². The van der Waals surface area contributed by atoms with Crippen LogP contribution in [-0.2, 0) is 11.3 Å². The minimum absolute atomic E-state index is 0.171. The van der Waals surface area contributed by atoms with E-state index in [0.717, 1.165) is 49.0 Å². The molecule has 1 saturated heterocycles. The molecule has 35 heavy (non-hydrogen) atoms. The van der Waals surface area contributed by atoms with Crippen LogP contribution in [0.5, 0.6) is 0 Å². The van der Waals surface area contributed by atoms with E-state index < -0.39 is 6.03 Å². The fraction of sp³-hybridized carbons (Fsp3) is 0.261. The molecule has 0 unspecified atom stereocenters. The maximum absolute atomic E-state index is 12.3. The third kappa shape index (κ3) is 7.38. The highest BCUT2D eigenvalue weighted by Crippen LogP contribution is 2.26. The normalized spacial score (nSPS) is 14.5. The number of hydrogen-bond donors (Lipinski definition) is 4. The number of amides is 3. The summed E-state index contributed by atoms with van der Waals surface area (Å²) < 4.78 is 0. The second-order valence-electron chi connectivity index (χ2n) is 8.08. The molecule has 3 amide bonds. The molecule has 2 heterocycles. The van der Waals surface area contributed by atoms with Gasteiger partial charge < -0.3 is 10.6 Å². The maximum atomic E-state index is 12.3. The number of carbonyl (C=O) groups is 2. The van der Waals surface area contributed by atoms with E-state index in [4.69, 9.17) is 34.0 Å². The van der Waals surface area contributed by atoms with Gasteiger partial charge in [-0.2, -0.15) is 0 Å². The molecule has 0 spiro atoms. The Morgan fingerprint density at radius 1 is 0.943 bits per heavy atom. The Kier molecular flexibility index (Phi) is 8.55. The van der Waals surface area contributed by atoms with Crippen molar-refractivity contribution in [3.8, 4) is 10.6 Å². The molecule has 0 bridgehead atoms. The van der Waals surface area contributed by atoms with Crippen molar-refractivity contribution in [3.05, 3.63) is 63.6 Å². The summed E-state index contributed by atoms with van der Waals surface area (Å²) in [4.78, 5) is 32.9. The lowest BCUT2D eigenvalue weighted by atomic mass is 10.2. The van der Waals surface area contributed by atoms with Crippen molar-refractivity contribution in [3.63, 3.8) is 0 Å². The van der Waals surface area contributed by atoms with Crippen molar-refractivity contribution in [2.45, 2.75) is 6.54 Å². The number of thiazole rings is 1. The summed E-state index contributed by atoms with van der Waals surface area (Å²) in [5, 5.41) is 9.38. The van der Waals surface area contributed by atoms with Crippen LogP contribution >= 0.6 is 34.5 Å². The lowest BCUT2D eigenvalue weighted by molar-refractivity contribution is -0.122. The number of rotatable bonds is 7. The first-order valence-corrected chi connectivity index (χ1v) is 12.5. The zero-order chi connectivity index (χ0) is 24.8. The summed E-state index contributed by atoms with van der Waals surface area (Å²) in [5.41, 5.74) is 5.32. The van der Waals surface area contributed by atoms with Crippen LogP contribution in [0.25, 0.3) is 10.6 Å². The van der Waals surface area contributed by atoms with Crippen LogP contribution in [-0.4, -0.2) is 59.4 Å². The molecule has 0 atom stereocenters. The smallest absolute Gasteiger partial charge is 0.308 e. The number of hydrazine groups is 1. The van der Waals surface area contributed by atoms with Crippen LogP contribution in [0.3, 0.4) is 0 Å². The average Bonchev–Trinajstić information content (AvgIpc) is 3.28. The van der Waals surface area contributed by atoms with Crippen LogP contribution < -0.4 is 21.9 Å². The summed E-state index contributed by atoms with van der Waals surface area (Å²) in [6.45, 7) is 4.46. The number of nitrogens with zero attached hydrogens (tertiary/aromatic N) is 3. The standard InChI is InChI=1S/C23H25Cl2N7O2S/c24-16-9-17(25)11-19(10-16)29-23(34)28-18-3-1-15(2-4-18)22-27-20(14-35-22)12-31-5-7-32(8-6-31)13-21(33)30-26/h1-4,9-11,14H,5-8,12-13,26H2,(H,30,33)(H2,28,29,34). The molecule has 4 rings (SSSR count). The molecular formula is C23H25Cl2N7O2S. The monoisotopic (exact) mass is 533 g/mol. The second-order valence-corrected chi connectivity index (χ2v) is 9.81. The van der Waals surface area contributed by atoms with Crippen molar-refractivity contribution in [2.24, 2.45) is 5.84 Å². The van der Waals surface area contributed by atoms with E-state index in [1.807, 2.05) is 24.3 Å². The highest BCUT2D eigenvalue weighted by molar-refractivity contribution is 7.13. The van der Waals surface area contributed by atoms with Gasteiger partial charge in [0.1, 0.15) is 5.01 Å². The fourth-order valence-electron chi connectivity index (χ4n) is 3.71. The minimum Gasteiger partial charge on any atom is -0.308 e. The van der Waals surface area contributed by atoms with Gasteiger partial charge in [0.2, 0.25) is 5.91 Å². The summed E-state index contributed by atoms with van der Waals surface area (Å²) in [5.74, 6) is 4.99. The number of piperazine rings is 1. The van der Waals surface area contributed by atoms with Crippen LogP contribution in [0.2, 0.25) is 10.0 Å². The molecule has 0 radical (unpaired) electrons. The summed E-state index contributed by atoms with van der Waals surface area (Å²) in [6, 6.07) is 12.0. The van der Waals surface area contributed by atoms with Gasteiger partial charge in [-0.15, -0.1) is 11.3 Å². The van der Waals surface area contributed by atoms with Crippen molar-refractivity contribution in [2.75, 3.05) is 43.4 Å². The largest absolute Gasteiger partial charge is 0.323 e. The molecule has 0 aliphatic carbocycles. The van der Waals surface area contributed by atoms with Gasteiger partial charge in [-0.25, -0.2) is 15.6 Å². The molecule has 1 fully saturated rings. The SMILES string of the molecule is NNC(=O)CN1CCN(Cc2csc(-c3ccc(NC(=O)Nc4cc(Cl)cc(Cl)c4)cc3)n2)CC1. The lowest BCUT2D eigenvalue weighted by Crippen LogP contribution is -2.49. The molecule has 1 aliphatic heterocycles. The molecule has 3 aromatic rings. The highest BCUT2D eigenvalue weighted by atomic mass is 35.5. The zero-order valence-electron chi connectivity index (χ0n) is 18.8. The number of halogens is 2. The highest BCUT2D eigenvalue weighted by Gasteiger charge is 2.19. The average molecular weight is 534 g/mol. The predicted octanol–water partition coefficient (Wildman–Crippen LogP) is 3.87. The van der Waals surface area contributed by atoms with Crippen molar-refractivity contribution in [1.29, 1.82) is 0 Å². The molecule has 0 saturated carbocycles. The van der Waals surface area contributed by atoms with E-state index in [1.165, 1.54) is 0 Å². The molecular weight excluding hydrogens is 509 g/mol. The van der Waals surface area contributed by atoms with Crippen molar-refractivity contribution < 1.29 is 9.59 Å². The zero-order valence-corrected chi connectivity index (χ0v) is 21.1. The Morgan fingerprint density at radius 3 is 2.23 bits per heavy atom. The number of benzene rings is 2. The van der Waals surface area contributed by atoms with Gasteiger partial charge in [0.05, 0.1) is 12.2 Å². The van der Waals surface area contributed by atoms with Crippen LogP contribution in [0.4, 0.5) is 16.2 Å². The van der Waals surface area contributed by atoms with Gasteiger partial charge >= 0.3 is 6.03 Å². The van der Waals surface area contributed by atoms with E-state index in [2.05, 4.69) is 31.2 Å². The van der Waals surface area contributed by atoms with Gasteiger partial charge in [0, 0.05) is 65.1 Å². The second kappa shape index (κ2) is 11.8. The Hall–Kier alpha value is -2.73. The number of nitrogens with one attached hydrogen (secondary N) is 3. The molecule has 12 heteroatoms. The van der Waals surface area contributed by atoms with E-state index in [0.29, 0.717) is 28.0 Å². The molecule has 2 aromatic carbocycles.